The molecule has 0 aliphatic rings. The number of phenolic OH excluding ortho intramolecular Hbond substituents is 1. The van der Waals surface area contributed by atoms with Crippen LogP contribution in [0, 0.1) is 0 Å². The normalized spacial score (nSPS) is 11.5. The highest BCUT2D eigenvalue weighted by atomic mass is 32.2. The van der Waals surface area contributed by atoms with Gasteiger partial charge in [0.15, 0.2) is 0 Å². The molecule has 0 fully saturated rings. The van der Waals surface area contributed by atoms with Crippen LogP contribution in [-0.4, -0.2) is 18.1 Å². The topological polar surface area (TPSA) is 86.6 Å². The van der Waals surface area contributed by atoms with E-state index in [9.17, 15) is 13.5 Å². The van der Waals surface area contributed by atoms with Gasteiger partial charge in [-0.1, -0.05) is 36.4 Å². The molecule has 6 heteroatoms. The molecule has 0 spiro atoms. The number of fused-ring (bicyclic) bond motifs is 1. The molecule has 0 saturated carbocycles. The Hall–Kier alpha value is -2.57. The van der Waals surface area contributed by atoms with Gasteiger partial charge >= 0.3 is 0 Å². The second kappa shape index (κ2) is 5.91. The van der Waals surface area contributed by atoms with Crippen LogP contribution in [0.25, 0.3) is 10.8 Å². The van der Waals surface area contributed by atoms with Crippen LogP contribution in [0.1, 0.15) is 5.56 Å². The first-order chi connectivity index (χ1) is 10.9. The lowest BCUT2D eigenvalue weighted by Gasteiger charge is -2.09. The van der Waals surface area contributed by atoms with E-state index in [1.807, 2.05) is 30.3 Å². The minimum atomic E-state index is -4.35. The Morgan fingerprint density at radius 1 is 0.957 bits per heavy atom. The molecule has 0 aliphatic carbocycles. The number of hydrogen-bond donors (Lipinski definition) is 3. The summed E-state index contributed by atoms with van der Waals surface area (Å²) in [5.41, 5.74) is 1.93. The van der Waals surface area contributed by atoms with E-state index in [1.165, 1.54) is 6.07 Å². The van der Waals surface area contributed by atoms with Gasteiger partial charge in [0.1, 0.15) is 5.75 Å². The average molecular weight is 329 g/mol. The van der Waals surface area contributed by atoms with Gasteiger partial charge in [0, 0.05) is 23.7 Å². The van der Waals surface area contributed by atoms with Crippen LogP contribution in [0.3, 0.4) is 0 Å². The molecule has 0 aromatic heterocycles. The van der Waals surface area contributed by atoms with Gasteiger partial charge < -0.3 is 10.4 Å². The van der Waals surface area contributed by atoms with Gasteiger partial charge in [-0.3, -0.25) is 4.55 Å². The summed E-state index contributed by atoms with van der Waals surface area (Å²) in [6, 6.07) is 17.5. The monoisotopic (exact) mass is 329 g/mol. The van der Waals surface area contributed by atoms with Crippen molar-refractivity contribution >= 4 is 26.6 Å². The van der Waals surface area contributed by atoms with Crippen molar-refractivity contribution in [1.29, 1.82) is 0 Å². The van der Waals surface area contributed by atoms with Gasteiger partial charge in [-0.25, -0.2) is 0 Å². The van der Waals surface area contributed by atoms with E-state index < -0.39 is 10.1 Å². The third-order valence-electron chi connectivity index (χ3n) is 3.54. The predicted molar refractivity (Wildman–Crippen MR) is 89.2 cm³/mol. The Morgan fingerprint density at radius 3 is 2.39 bits per heavy atom. The Morgan fingerprint density at radius 2 is 1.70 bits per heavy atom. The molecule has 0 atom stereocenters. The van der Waals surface area contributed by atoms with Crippen LogP contribution < -0.4 is 5.32 Å². The van der Waals surface area contributed by atoms with Crippen LogP contribution in [0.5, 0.6) is 5.75 Å². The van der Waals surface area contributed by atoms with Gasteiger partial charge in [-0.05, 0) is 29.1 Å². The number of aromatic hydroxyl groups is 1. The first-order valence-electron chi connectivity index (χ1n) is 6.95. The van der Waals surface area contributed by atoms with E-state index >= 15 is 0 Å². The summed E-state index contributed by atoms with van der Waals surface area (Å²) in [4.78, 5) is -0.326. The fourth-order valence-electron chi connectivity index (χ4n) is 2.37. The molecular formula is C17H15NO4S. The fraction of sp³-hybridized carbons (Fsp3) is 0.0588. The van der Waals surface area contributed by atoms with Crippen molar-refractivity contribution in [2.75, 3.05) is 5.32 Å². The molecule has 118 valence electrons. The molecule has 5 nitrogen and oxygen atoms in total. The van der Waals surface area contributed by atoms with Crippen LogP contribution in [0.2, 0.25) is 0 Å². The SMILES string of the molecule is O=S(=O)(O)c1cc(O)c2cc(NCc3ccccc3)ccc2c1. The Balaban J connectivity index is 1.92. The van der Waals surface area contributed by atoms with E-state index in [2.05, 4.69) is 5.32 Å². The number of phenols is 1. The Bertz CT molecular complexity index is 953. The van der Waals surface area contributed by atoms with Crippen molar-refractivity contribution in [3.05, 3.63) is 66.2 Å². The van der Waals surface area contributed by atoms with Gasteiger partial charge in [-0.2, -0.15) is 8.42 Å². The van der Waals surface area contributed by atoms with Gasteiger partial charge in [-0.15, -0.1) is 0 Å². The van der Waals surface area contributed by atoms with Gasteiger partial charge in [0.05, 0.1) is 4.90 Å². The molecular weight excluding hydrogens is 314 g/mol. The second-order valence-corrected chi connectivity index (χ2v) is 6.61. The fourth-order valence-corrected chi connectivity index (χ4v) is 2.91. The van der Waals surface area contributed by atoms with Crippen LogP contribution >= 0.6 is 0 Å². The van der Waals surface area contributed by atoms with Crippen molar-refractivity contribution in [2.24, 2.45) is 0 Å². The maximum absolute atomic E-state index is 11.2. The summed E-state index contributed by atoms with van der Waals surface area (Å²) in [6.45, 7) is 0.635. The van der Waals surface area contributed by atoms with Crippen LogP contribution in [0.4, 0.5) is 5.69 Å². The van der Waals surface area contributed by atoms with Crippen molar-refractivity contribution < 1.29 is 18.1 Å². The molecule has 0 aliphatic heterocycles. The summed E-state index contributed by atoms with van der Waals surface area (Å²) in [7, 11) is -4.35. The molecule has 23 heavy (non-hydrogen) atoms. The first kappa shape index (κ1) is 15.3. The van der Waals surface area contributed by atoms with Gasteiger partial charge in [0.2, 0.25) is 0 Å². The molecule has 0 saturated heterocycles. The minimum absolute atomic E-state index is 0.196. The Kier molecular flexibility index (Phi) is 3.94. The molecule has 0 radical (unpaired) electrons. The maximum Gasteiger partial charge on any atom is 0.294 e. The lowest BCUT2D eigenvalue weighted by molar-refractivity contribution is 0.471. The van der Waals surface area contributed by atoms with E-state index in [0.29, 0.717) is 17.3 Å². The standard InChI is InChI=1S/C17H15NO4S/c19-17-10-15(23(20,21)22)8-13-6-7-14(9-16(13)17)18-11-12-4-2-1-3-5-12/h1-10,18-19H,11H2,(H,20,21,22). The number of rotatable bonds is 4. The zero-order chi connectivity index (χ0) is 16.4. The largest absolute Gasteiger partial charge is 0.507 e. The molecule has 3 aromatic rings. The second-order valence-electron chi connectivity index (χ2n) is 5.19. The summed E-state index contributed by atoms with van der Waals surface area (Å²) in [5.74, 6) is -0.196. The van der Waals surface area contributed by atoms with E-state index in [0.717, 1.165) is 17.3 Å². The van der Waals surface area contributed by atoms with E-state index in [-0.39, 0.29) is 10.6 Å². The average Bonchev–Trinajstić information content (AvgIpc) is 2.53. The zero-order valence-electron chi connectivity index (χ0n) is 12.1. The lowest BCUT2D eigenvalue weighted by atomic mass is 10.1. The molecule has 3 rings (SSSR count). The Labute approximate surface area is 134 Å². The minimum Gasteiger partial charge on any atom is -0.507 e. The number of anilines is 1. The summed E-state index contributed by atoms with van der Waals surface area (Å²) >= 11 is 0. The van der Waals surface area contributed by atoms with Crippen LogP contribution in [0.15, 0.2) is 65.6 Å². The summed E-state index contributed by atoms with van der Waals surface area (Å²) in [5, 5.41) is 14.3. The third-order valence-corrected chi connectivity index (χ3v) is 4.37. The zero-order valence-corrected chi connectivity index (χ0v) is 12.9. The number of benzene rings is 3. The molecule has 0 unspecified atom stereocenters. The highest BCUT2D eigenvalue weighted by Gasteiger charge is 2.13. The highest BCUT2D eigenvalue weighted by molar-refractivity contribution is 7.85. The van der Waals surface area contributed by atoms with Crippen molar-refractivity contribution in [2.45, 2.75) is 11.4 Å². The van der Waals surface area contributed by atoms with Gasteiger partial charge in [0.25, 0.3) is 10.1 Å². The van der Waals surface area contributed by atoms with E-state index in [1.54, 1.807) is 18.2 Å². The molecule has 0 heterocycles. The van der Waals surface area contributed by atoms with Crippen molar-refractivity contribution in [3.8, 4) is 5.75 Å². The molecule has 3 N–H and O–H groups in total. The lowest BCUT2D eigenvalue weighted by Crippen LogP contribution is -2.00. The molecule has 0 amide bonds. The predicted octanol–water partition coefficient (Wildman–Crippen LogP) is 3.40. The maximum atomic E-state index is 11.2. The number of hydrogen-bond acceptors (Lipinski definition) is 4. The van der Waals surface area contributed by atoms with Crippen molar-refractivity contribution in [1.82, 2.24) is 0 Å². The van der Waals surface area contributed by atoms with Crippen molar-refractivity contribution in [3.63, 3.8) is 0 Å². The van der Waals surface area contributed by atoms with E-state index in [4.69, 9.17) is 4.55 Å². The first-order valence-corrected chi connectivity index (χ1v) is 8.39. The molecule has 0 bridgehead atoms. The summed E-state index contributed by atoms with van der Waals surface area (Å²) < 4.78 is 31.5. The molecule has 3 aromatic carbocycles. The smallest absolute Gasteiger partial charge is 0.294 e. The summed E-state index contributed by atoms with van der Waals surface area (Å²) in [6.07, 6.45) is 0. The van der Waals surface area contributed by atoms with Crippen LogP contribution in [-0.2, 0) is 16.7 Å². The third kappa shape index (κ3) is 3.44. The highest BCUT2D eigenvalue weighted by Crippen LogP contribution is 2.30. The quantitative estimate of drug-likeness (QED) is 0.639. The number of nitrogens with one attached hydrogen (secondary N) is 1.